The molecule has 0 atom stereocenters. The third-order valence-corrected chi connectivity index (χ3v) is 2.02. The van der Waals surface area contributed by atoms with Gasteiger partial charge in [0.05, 0.1) is 7.11 Å². The highest BCUT2D eigenvalue weighted by Crippen LogP contribution is 2.16. The molecular formula is C12H13NO4. The van der Waals surface area contributed by atoms with E-state index in [0.717, 1.165) is 17.7 Å². The van der Waals surface area contributed by atoms with E-state index in [1.54, 1.807) is 13.2 Å². The quantitative estimate of drug-likeness (QED) is 0.745. The van der Waals surface area contributed by atoms with Gasteiger partial charge in [0, 0.05) is 24.3 Å². The second-order valence-corrected chi connectivity index (χ2v) is 3.20. The van der Waals surface area contributed by atoms with Crippen molar-refractivity contribution in [1.29, 1.82) is 0 Å². The van der Waals surface area contributed by atoms with Crippen molar-refractivity contribution < 1.29 is 19.4 Å². The fourth-order valence-corrected chi connectivity index (χ4v) is 1.24. The maximum Gasteiger partial charge on any atom is 0.328 e. The van der Waals surface area contributed by atoms with E-state index in [2.05, 4.69) is 5.32 Å². The molecule has 0 unspecified atom stereocenters. The van der Waals surface area contributed by atoms with Crippen LogP contribution in [0.25, 0.3) is 0 Å². The monoisotopic (exact) mass is 235 g/mol. The third kappa shape index (κ3) is 4.38. The molecule has 0 heterocycles. The van der Waals surface area contributed by atoms with Crippen LogP contribution in [0.4, 0.5) is 0 Å². The number of nitrogens with one attached hydrogen (secondary N) is 1. The molecule has 5 heteroatoms. The van der Waals surface area contributed by atoms with Gasteiger partial charge in [0.1, 0.15) is 5.75 Å². The number of hydrogen-bond acceptors (Lipinski definition) is 3. The minimum Gasteiger partial charge on any atom is -0.496 e. The number of ether oxygens (including phenoxy) is 1. The van der Waals surface area contributed by atoms with Gasteiger partial charge in [-0.15, -0.1) is 0 Å². The fourth-order valence-electron chi connectivity index (χ4n) is 1.24. The van der Waals surface area contributed by atoms with Gasteiger partial charge in [0.15, 0.2) is 0 Å². The van der Waals surface area contributed by atoms with Crippen LogP contribution in [-0.2, 0) is 16.1 Å². The molecule has 5 nitrogen and oxygen atoms in total. The Hall–Kier alpha value is -2.30. The molecule has 1 aromatic rings. The Bertz CT molecular complexity index is 440. The largest absolute Gasteiger partial charge is 0.496 e. The SMILES string of the molecule is COc1ccccc1CNC(=O)/C=C/C(=O)O. The lowest BCUT2D eigenvalue weighted by atomic mass is 10.2. The molecule has 90 valence electrons. The van der Waals surface area contributed by atoms with E-state index in [9.17, 15) is 9.59 Å². The van der Waals surface area contributed by atoms with Crippen molar-refractivity contribution in [3.63, 3.8) is 0 Å². The first-order chi connectivity index (χ1) is 8.13. The molecule has 0 saturated heterocycles. The minimum absolute atomic E-state index is 0.285. The van der Waals surface area contributed by atoms with Crippen molar-refractivity contribution in [3.8, 4) is 5.75 Å². The molecule has 1 amide bonds. The molecule has 0 saturated carbocycles. The number of rotatable bonds is 5. The summed E-state index contributed by atoms with van der Waals surface area (Å²) in [6.45, 7) is 0.285. The lowest BCUT2D eigenvalue weighted by Crippen LogP contribution is -2.20. The number of para-hydroxylation sites is 1. The molecule has 0 aromatic heterocycles. The van der Waals surface area contributed by atoms with Gasteiger partial charge in [-0.1, -0.05) is 18.2 Å². The first-order valence-electron chi connectivity index (χ1n) is 4.94. The van der Waals surface area contributed by atoms with Crippen LogP contribution in [0.15, 0.2) is 36.4 Å². The highest BCUT2D eigenvalue weighted by atomic mass is 16.5. The number of carbonyl (C=O) groups is 2. The lowest BCUT2D eigenvalue weighted by molar-refractivity contribution is -0.131. The van der Waals surface area contributed by atoms with Crippen molar-refractivity contribution in [2.24, 2.45) is 0 Å². The molecule has 0 aliphatic heterocycles. The summed E-state index contributed by atoms with van der Waals surface area (Å²) >= 11 is 0. The van der Waals surface area contributed by atoms with E-state index in [1.165, 1.54) is 0 Å². The van der Waals surface area contributed by atoms with Crippen LogP contribution < -0.4 is 10.1 Å². The topological polar surface area (TPSA) is 75.6 Å². The molecule has 0 aliphatic rings. The molecule has 0 bridgehead atoms. The molecular weight excluding hydrogens is 222 g/mol. The minimum atomic E-state index is -1.16. The van der Waals surface area contributed by atoms with E-state index >= 15 is 0 Å². The van der Waals surface area contributed by atoms with E-state index in [1.807, 2.05) is 18.2 Å². The van der Waals surface area contributed by atoms with Gasteiger partial charge in [0.25, 0.3) is 0 Å². The van der Waals surface area contributed by atoms with E-state index in [-0.39, 0.29) is 6.54 Å². The summed E-state index contributed by atoms with van der Waals surface area (Å²) < 4.78 is 5.11. The number of methoxy groups -OCH3 is 1. The van der Waals surface area contributed by atoms with Crippen LogP contribution in [0.2, 0.25) is 0 Å². The number of hydrogen-bond donors (Lipinski definition) is 2. The van der Waals surface area contributed by atoms with Gasteiger partial charge in [-0.2, -0.15) is 0 Å². The Balaban J connectivity index is 2.55. The van der Waals surface area contributed by atoms with Gasteiger partial charge in [-0.05, 0) is 6.07 Å². The number of aliphatic carboxylic acids is 1. The summed E-state index contributed by atoms with van der Waals surface area (Å²) in [4.78, 5) is 21.4. The molecule has 0 spiro atoms. The van der Waals surface area contributed by atoms with Gasteiger partial charge in [-0.25, -0.2) is 4.79 Å². The molecule has 1 rings (SSSR count). The molecule has 17 heavy (non-hydrogen) atoms. The van der Waals surface area contributed by atoms with Gasteiger partial charge in [-0.3, -0.25) is 4.79 Å². The third-order valence-electron chi connectivity index (χ3n) is 2.02. The lowest BCUT2D eigenvalue weighted by Gasteiger charge is -2.07. The first kappa shape index (κ1) is 12.8. The Kier molecular flexibility index (Phi) is 4.75. The zero-order chi connectivity index (χ0) is 12.7. The number of carboxylic acid groups (broad SMARTS) is 1. The average Bonchev–Trinajstić information content (AvgIpc) is 2.34. The van der Waals surface area contributed by atoms with E-state index in [0.29, 0.717) is 5.75 Å². The van der Waals surface area contributed by atoms with Crippen LogP contribution >= 0.6 is 0 Å². The van der Waals surface area contributed by atoms with Crippen LogP contribution in [0, 0.1) is 0 Å². The van der Waals surface area contributed by atoms with E-state index < -0.39 is 11.9 Å². The van der Waals surface area contributed by atoms with E-state index in [4.69, 9.17) is 9.84 Å². The van der Waals surface area contributed by atoms with Crippen LogP contribution in [0.1, 0.15) is 5.56 Å². The smallest absolute Gasteiger partial charge is 0.328 e. The number of benzene rings is 1. The molecule has 0 fully saturated rings. The summed E-state index contributed by atoms with van der Waals surface area (Å²) in [6, 6.07) is 7.26. The second kappa shape index (κ2) is 6.32. The standard InChI is InChI=1S/C12H13NO4/c1-17-10-5-3-2-4-9(10)8-13-11(14)6-7-12(15)16/h2-7H,8H2,1H3,(H,13,14)(H,15,16)/b7-6+. The van der Waals surface area contributed by atoms with Crippen molar-refractivity contribution in [2.45, 2.75) is 6.54 Å². The Morgan fingerprint density at radius 2 is 2.06 bits per heavy atom. The summed E-state index contributed by atoms with van der Waals surface area (Å²) in [5, 5.41) is 10.9. The number of amides is 1. The second-order valence-electron chi connectivity index (χ2n) is 3.20. The van der Waals surface area contributed by atoms with Crippen molar-refractivity contribution in [3.05, 3.63) is 42.0 Å². The molecule has 0 aliphatic carbocycles. The highest BCUT2D eigenvalue weighted by molar-refractivity contribution is 5.93. The zero-order valence-corrected chi connectivity index (χ0v) is 9.34. The van der Waals surface area contributed by atoms with Crippen molar-refractivity contribution in [1.82, 2.24) is 5.32 Å². The molecule has 2 N–H and O–H groups in total. The Morgan fingerprint density at radius 1 is 1.35 bits per heavy atom. The van der Waals surface area contributed by atoms with Gasteiger partial charge in [0.2, 0.25) is 5.91 Å². The predicted octanol–water partition coefficient (Wildman–Crippen LogP) is 0.952. The maximum atomic E-state index is 11.2. The average molecular weight is 235 g/mol. The molecule has 0 radical (unpaired) electrons. The summed E-state index contributed by atoms with van der Waals surface area (Å²) in [6.07, 6.45) is 1.76. The zero-order valence-electron chi connectivity index (χ0n) is 9.34. The Morgan fingerprint density at radius 3 is 2.71 bits per heavy atom. The van der Waals surface area contributed by atoms with Crippen molar-refractivity contribution in [2.75, 3.05) is 7.11 Å². The first-order valence-corrected chi connectivity index (χ1v) is 4.94. The molecule has 1 aromatic carbocycles. The van der Waals surface area contributed by atoms with Crippen molar-refractivity contribution >= 4 is 11.9 Å². The van der Waals surface area contributed by atoms with Crippen LogP contribution in [0.3, 0.4) is 0 Å². The highest BCUT2D eigenvalue weighted by Gasteiger charge is 2.02. The number of carbonyl (C=O) groups excluding carboxylic acids is 1. The normalized spacial score (nSPS) is 10.2. The van der Waals surface area contributed by atoms with Crippen LogP contribution in [0.5, 0.6) is 5.75 Å². The maximum absolute atomic E-state index is 11.2. The number of carboxylic acids is 1. The Labute approximate surface area is 98.7 Å². The fraction of sp³-hybridized carbons (Fsp3) is 0.167. The summed E-state index contributed by atoms with van der Waals surface area (Å²) in [7, 11) is 1.55. The summed E-state index contributed by atoms with van der Waals surface area (Å²) in [5.74, 6) is -0.939. The predicted molar refractivity (Wildman–Crippen MR) is 61.6 cm³/mol. The van der Waals surface area contributed by atoms with Crippen LogP contribution in [-0.4, -0.2) is 24.1 Å². The van der Waals surface area contributed by atoms with Gasteiger partial charge < -0.3 is 15.2 Å². The van der Waals surface area contributed by atoms with Gasteiger partial charge >= 0.3 is 5.97 Å². The summed E-state index contributed by atoms with van der Waals surface area (Å²) in [5.41, 5.74) is 0.826.